The lowest BCUT2D eigenvalue weighted by atomic mass is 10.3. The van der Waals surface area contributed by atoms with Crippen molar-refractivity contribution in [3.63, 3.8) is 0 Å². The molecule has 2 N–H and O–H groups in total. The van der Waals surface area contributed by atoms with Gasteiger partial charge in [-0.2, -0.15) is 0 Å². The molecule has 0 unspecified atom stereocenters. The summed E-state index contributed by atoms with van der Waals surface area (Å²) < 4.78 is 26.3. The van der Waals surface area contributed by atoms with E-state index < -0.39 is 17.7 Å². The number of likely N-dealkylation sites (N-methyl/N-ethyl adjacent to an activating group) is 1. The van der Waals surface area contributed by atoms with Gasteiger partial charge in [0.2, 0.25) is 0 Å². The summed E-state index contributed by atoms with van der Waals surface area (Å²) in [5, 5.41) is 5.70. The summed E-state index contributed by atoms with van der Waals surface area (Å²) in [5.74, 6) is -1.45. The fourth-order valence-corrected chi connectivity index (χ4v) is 2.13. The highest BCUT2D eigenvalue weighted by Crippen LogP contribution is 2.15. The number of hydrogen-bond donors (Lipinski definition) is 2. The number of hydrogen-bond acceptors (Lipinski definition) is 3. The molecule has 1 aliphatic rings. The fourth-order valence-electron chi connectivity index (χ4n) is 2.13. The van der Waals surface area contributed by atoms with E-state index in [-0.39, 0.29) is 5.69 Å². The number of halogens is 2. The van der Waals surface area contributed by atoms with E-state index in [9.17, 15) is 13.6 Å². The minimum absolute atomic E-state index is 0.0181. The molecule has 1 aromatic carbocycles. The predicted octanol–water partition coefficient (Wildman–Crippen LogP) is 1.33. The lowest BCUT2D eigenvalue weighted by molar-refractivity contribution is 0.197. The molecule has 0 bridgehead atoms. The summed E-state index contributed by atoms with van der Waals surface area (Å²) in [6.07, 6.45) is 0. The Bertz CT molecular complexity index is 492. The van der Waals surface area contributed by atoms with Gasteiger partial charge in [0, 0.05) is 52.4 Å². The molecule has 116 valence electrons. The molecule has 0 aromatic heterocycles. The zero-order chi connectivity index (χ0) is 15.2. The third-order valence-electron chi connectivity index (χ3n) is 3.48. The number of piperazine rings is 1. The normalized spacial score (nSPS) is 15.8. The van der Waals surface area contributed by atoms with Crippen LogP contribution in [0.3, 0.4) is 0 Å². The first-order chi connectivity index (χ1) is 10.1. The van der Waals surface area contributed by atoms with Crippen LogP contribution in [0.15, 0.2) is 18.2 Å². The second kappa shape index (κ2) is 7.33. The van der Waals surface area contributed by atoms with Gasteiger partial charge in [-0.1, -0.05) is 0 Å². The monoisotopic (exact) mass is 298 g/mol. The molecule has 0 spiro atoms. The van der Waals surface area contributed by atoms with Gasteiger partial charge in [0.15, 0.2) is 0 Å². The first-order valence-electron chi connectivity index (χ1n) is 6.96. The van der Waals surface area contributed by atoms with Crippen molar-refractivity contribution in [2.45, 2.75) is 0 Å². The fraction of sp³-hybridized carbons (Fsp3) is 0.500. The number of nitrogens with zero attached hydrogens (tertiary/aromatic N) is 2. The summed E-state index contributed by atoms with van der Waals surface area (Å²) in [4.78, 5) is 15.7. The molecule has 2 rings (SSSR count). The first-order valence-corrected chi connectivity index (χ1v) is 6.96. The van der Waals surface area contributed by atoms with Crippen molar-refractivity contribution in [2.75, 3.05) is 51.6 Å². The molecule has 0 radical (unpaired) electrons. The SMILES string of the molecule is CN(CCN1CCNCC1)C(=O)Nc1ccc(F)cc1F. The van der Waals surface area contributed by atoms with Crippen molar-refractivity contribution < 1.29 is 13.6 Å². The zero-order valence-electron chi connectivity index (χ0n) is 12.0. The van der Waals surface area contributed by atoms with Crippen LogP contribution in [0.4, 0.5) is 19.3 Å². The van der Waals surface area contributed by atoms with Crippen LogP contribution in [0.25, 0.3) is 0 Å². The minimum Gasteiger partial charge on any atom is -0.326 e. The Labute approximate surface area is 122 Å². The van der Waals surface area contributed by atoms with Crippen LogP contribution >= 0.6 is 0 Å². The lowest BCUT2D eigenvalue weighted by Crippen LogP contribution is -2.46. The molecule has 7 heteroatoms. The van der Waals surface area contributed by atoms with Gasteiger partial charge in [-0.25, -0.2) is 13.6 Å². The van der Waals surface area contributed by atoms with Crippen molar-refractivity contribution in [1.29, 1.82) is 0 Å². The number of benzene rings is 1. The number of carbonyl (C=O) groups is 1. The Hall–Kier alpha value is -1.73. The Morgan fingerprint density at radius 2 is 2.10 bits per heavy atom. The molecule has 1 aliphatic heterocycles. The molecule has 1 saturated heterocycles. The van der Waals surface area contributed by atoms with E-state index in [1.54, 1.807) is 7.05 Å². The molecule has 0 aliphatic carbocycles. The zero-order valence-corrected chi connectivity index (χ0v) is 12.0. The second-order valence-electron chi connectivity index (χ2n) is 5.07. The van der Waals surface area contributed by atoms with Crippen LogP contribution in [-0.4, -0.2) is 62.1 Å². The standard InChI is InChI=1S/C14H20F2N4O/c1-19(8-9-20-6-4-17-5-7-20)14(21)18-13-3-2-11(15)10-12(13)16/h2-3,10,17H,4-9H2,1H3,(H,18,21). The predicted molar refractivity (Wildman–Crippen MR) is 77.3 cm³/mol. The Kier molecular flexibility index (Phi) is 5.46. The molecule has 5 nitrogen and oxygen atoms in total. The van der Waals surface area contributed by atoms with Crippen LogP contribution < -0.4 is 10.6 Å². The van der Waals surface area contributed by atoms with Crippen molar-refractivity contribution in [3.8, 4) is 0 Å². The number of anilines is 1. The molecule has 1 aromatic rings. The van der Waals surface area contributed by atoms with Gasteiger partial charge in [0.25, 0.3) is 0 Å². The van der Waals surface area contributed by atoms with Crippen LogP contribution in [-0.2, 0) is 0 Å². The van der Waals surface area contributed by atoms with Gasteiger partial charge in [-0.05, 0) is 12.1 Å². The third-order valence-corrected chi connectivity index (χ3v) is 3.48. The molecular formula is C14H20F2N4O. The maximum absolute atomic E-state index is 13.5. The van der Waals surface area contributed by atoms with Crippen molar-refractivity contribution >= 4 is 11.7 Å². The molecule has 0 saturated carbocycles. The smallest absolute Gasteiger partial charge is 0.321 e. The van der Waals surface area contributed by atoms with Crippen LogP contribution in [0.5, 0.6) is 0 Å². The Morgan fingerprint density at radius 1 is 1.38 bits per heavy atom. The lowest BCUT2D eigenvalue weighted by Gasteiger charge is -2.29. The molecule has 1 fully saturated rings. The van der Waals surface area contributed by atoms with Gasteiger partial charge in [0.05, 0.1) is 5.69 Å². The van der Waals surface area contributed by atoms with E-state index in [1.807, 2.05) is 0 Å². The molecule has 2 amide bonds. The molecule has 21 heavy (non-hydrogen) atoms. The first kappa shape index (κ1) is 15.7. The van der Waals surface area contributed by atoms with Crippen LogP contribution in [0.1, 0.15) is 0 Å². The van der Waals surface area contributed by atoms with E-state index in [2.05, 4.69) is 15.5 Å². The van der Waals surface area contributed by atoms with E-state index in [0.717, 1.165) is 44.9 Å². The van der Waals surface area contributed by atoms with Gasteiger partial charge < -0.3 is 15.5 Å². The van der Waals surface area contributed by atoms with Crippen molar-refractivity contribution in [1.82, 2.24) is 15.1 Å². The second-order valence-corrected chi connectivity index (χ2v) is 5.07. The topological polar surface area (TPSA) is 47.6 Å². The Morgan fingerprint density at radius 3 is 2.76 bits per heavy atom. The third kappa shape index (κ3) is 4.64. The van der Waals surface area contributed by atoms with Crippen molar-refractivity contribution in [2.24, 2.45) is 0 Å². The number of rotatable bonds is 4. The summed E-state index contributed by atoms with van der Waals surface area (Å²) in [6.45, 7) is 5.16. The van der Waals surface area contributed by atoms with E-state index in [0.29, 0.717) is 6.54 Å². The quantitative estimate of drug-likeness (QED) is 0.882. The number of urea groups is 1. The highest BCUT2D eigenvalue weighted by atomic mass is 19.1. The summed E-state index contributed by atoms with van der Waals surface area (Å²) >= 11 is 0. The van der Waals surface area contributed by atoms with Gasteiger partial charge in [-0.15, -0.1) is 0 Å². The molecular weight excluding hydrogens is 278 g/mol. The van der Waals surface area contributed by atoms with Gasteiger partial charge in [0.1, 0.15) is 11.6 Å². The highest BCUT2D eigenvalue weighted by molar-refractivity contribution is 5.89. The van der Waals surface area contributed by atoms with Crippen LogP contribution in [0, 0.1) is 11.6 Å². The van der Waals surface area contributed by atoms with E-state index in [1.165, 1.54) is 11.0 Å². The maximum Gasteiger partial charge on any atom is 0.321 e. The summed E-state index contributed by atoms with van der Waals surface area (Å²) in [6, 6.07) is 2.67. The Balaban J connectivity index is 1.81. The number of carbonyl (C=O) groups excluding carboxylic acids is 1. The van der Waals surface area contributed by atoms with Gasteiger partial charge in [-0.3, -0.25) is 4.90 Å². The van der Waals surface area contributed by atoms with Crippen molar-refractivity contribution in [3.05, 3.63) is 29.8 Å². The van der Waals surface area contributed by atoms with Gasteiger partial charge >= 0.3 is 6.03 Å². The average molecular weight is 298 g/mol. The number of amides is 2. The van der Waals surface area contributed by atoms with E-state index in [4.69, 9.17) is 0 Å². The number of nitrogens with one attached hydrogen (secondary N) is 2. The van der Waals surface area contributed by atoms with E-state index >= 15 is 0 Å². The summed E-state index contributed by atoms with van der Waals surface area (Å²) in [7, 11) is 1.65. The average Bonchev–Trinajstić information content (AvgIpc) is 2.48. The highest BCUT2D eigenvalue weighted by Gasteiger charge is 2.14. The largest absolute Gasteiger partial charge is 0.326 e. The minimum atomic E-state index is -0.779. The summed E-state index contributed by atoms with van der Waals surface area (Å²) in [5.41, 5.74) is -0.0181. The molecule has 1 heterocycles. The van der Waals surface area contributed by atoms with Crippen LogP contribution in [0.2, 0.25) is 0 Å². The molecule has 0 atom stereocenters. The maximum atomic E-state index is 13.5.